The number of nitrogens with two attached hydrogens (primary N) is 1. The molecule has 0 bridgehead atoms. The number of hydrogen-bond donors (Lipinski definition) is 2. The van der Waals surface area contributed by atoms with Crippen LogP contribution < -0.4 is 5.73 Å². The van der Waals surface area contributed by atoms with E-state index in [-0.39, 0.29) is 0 Å². The van der Waals surface area contributed by atoms with Gasteiger partial charge in [-0.05, 0) is 27.7 Å². The van der Waals surface area contributed by atoms with Crippen molar-refractivity contribution < 1.29 is 5.11 Å². The van der Waals surface area contributed by atoms with Crippen LogP contribution in [0.2, 0.25) is 0 Å². The van der Waals surface area contributed by atoms with Gasteiger partial charge in [0.15, 0.2) is 0 Å². The van der Waals surface area contributed by atoms with E-state index in [2.05, 4.69) is 32.6 Å². The fourth-order valence-corrected chi connectivity index (χ4v) is 1.23. The van der Waals surface area contributed by atoms with E-state index in [1.54, 1.807) is 0 Å². The molecule has 3 N–H and O–H groups in total. The topological polar surface area (TPSA) is 49.5 Å². The summed E-state index contributed by atoms with van der Waals surface area (Å²) in [5, 5.41) is 8.96. The van der Waals surface area contributed by atoms with Crippen LogP contribution in [0.3, 0.4) is 0 Å². The first kappa shape index (κ1) is 10.9. The zero-order valence-electron chi connectivity index (χ0n) is 7.91. The molecule has 0 saturated heterocycles. The highest BCUT2D eigenvalue weighted by atomic mass is 16.3. The Morgan fingerprint density at radius 3 is 1.64 bits per heavy atom. The summed E-state index contributed by atoms with van der Waals surface area (Å²) >= 11 is 0. The third kappa shape index (κ3) is 4.35. The van der Waals surface area contributed by atoms with E-state index in [0.29, 0.717) is 18.6 Å². The molecular weight excluding hydrogens is 140 g/mol. The Kier molecular flexibility index (Phi) is 4.65. The number of rotatable bonds is 4. The Bertz CT molecular complexity index is 94.3. The minimum Gasteiger partial charge on any atom is -0.377 e. The minimum absolute atomic E-state index is 0.438. The fourth-order valence-electron chi connectivity index (χ4n) is 1.23. The second-order valence-corrected chi connectivity index (χ2v) is 3.45. The summed E-state index contributed by atoms with van der Waals surface area (Å²) < 4.78 is 0. The van der Waals surface area contributed by atoms with Crippen molar-refractivity contribution in [3.63, 3.8) is 0 Å². The molecule has 0 rings (SSSR count). The molecule has 0 heterocycles. The first-order valence-corrected chi connectivity index (χ1v) is 4.14. The Morgan fingerprint density at radius 2 is 1.55 bits per heavy atom. The number of nitrogens with zero attached hydrogens (tertiary/aromatic N) is 1. The van der Waals surface area contributed by atoms with Gasteiger partial charge in [-0.25, -0.2) is 0 Å². The molecule has 0 aliphatic carbocycles. The van der Waals surface area contributed by atoms with E-state index in [1.807, 2.05) is 0 Å². The summed E-state index contributed by atoms with van der Waals surface area (Å²) in [6, 6.07) is 0.876. The largest absolute Gasteiger partial charge is 0.377 e. The Labute approximate surface area is 69.2 Å². The summed E-state index contributed by atoms with van der Waals surface area (Å²) in [4.78, 5) is 2.16. The van der Waals surface area contributed by atoms with Crippen molar-refractivity contribution in [2.24, 2.45) is 5.73 Å². The summed E-state index contributed by atoms with van der Waals surface area (Å²) in [6.07, 6.45) is -0.722. The average Bonchev–Trinajstić information content (AvgIpc) is 1.81. The molecule has 0 aliphatic rings. The van der Waals surface area contributed by atoms with Gasteiger partial charge in [0.2, 0.25) is 0 Å². The van der Waals surface area contributed by atoms with Gasteiger partial charge in [-0.1, -0.05) is 0 Å². The molecule has 0 spiro atoms. The van der Waals surface area contributed by atoms with E-state index in [1.165, 1.54) is 0 Å². The summed E-state index contributed by atoms with van der Waals surface area (Å²) in [5.74, 6) is 0. The molecule has 0 fully saturated rings. The number of aliphatic hydroxyl groups is 1. The molecule has 3 heteroatoms. The lowest BCUT2D eigenvalue weighted by Crippen LogP contribution is -2.44. The molecule has 0 saturated carbocycles. The lowest BCUT2D eigenvalue weighted by molar-refractivity contribution is 0.0795. The van der Waals surface area contributed by atoms with Gasteiger partial charge in [-0.2, -0.15) is 0 Å². The van der Waals surface area contributed by atoms with E-state index in [0.717, 1.165) is 0 Å². The van der Waals surface area contributed by atoms with Crippen LogP contribution in [0.15, 0.2) is 0 Å². The summed E-state index contributed by atoms with van der Waals surface area (Å²) in [6.45, 7) is 8.95. The van der Waals surface area contributed by atoms with Crippen molar-refractivity contribution in [2.75, 3.05) is 6.54 Å². The van der Waals surface area contributed by atoms with Crippen LogP contribution >= 0.6 is 0 Å². The zero-order valence-corrected chi connectivity index (χ0v) is 7.91. The van der Waals surface area contributed by atoms with Gasteiger partial charge >= 0.3 is 0 Å². The third-order valence-electron chi connectivity index (χ3n) is 1.72. The molecule has 0 amide bonds. The molecule has 11 heavy (non-hydrogen) atoms. The van der Waals surface area contributed by atoms with Crippen LogP contribution in [-0.2, 0) is 0 Å². The SMILES string of the molecule is CC(C)N(CC(N)O)C(C)C. The van der Waals surface area contributed by atoms with E-state index in [4.69, 9.17) is 10.8 Å². The van der Waals surface area contributed by atoms with Gasteiger partial charge < -0.3 is 10.8 Å². The highest BCUT2D eigenvalue weighted by molar-refractivity contribution is 4.68. The van der Waals surface area contributed by atoms with Crippen LogP contribution in [-0.4, -0.2) is 34.9 Å². The quantitative estimate of drug-likeness (QED) is 0.585. The highest BCUT2D eigenvalue weighted by Crippen LogP contribution is 2.03. The van der Waals surface area contributed by atoms with Crippen molar-refractivity contribution >= 4 is 0 Å². The first-order chi connectivity index (χ1) is 4.95. The second-order valence-electron chi connectivity index (χ2n) is 3.45. The fraction of sp³-hybridized carbons (Fsp3) is 1.00. The minimum atomic E-state index is -0.722. The summed E-state index contributed by atoms with van der Waals surface area (Å²) in [5.41, 5.74) is 5.28. The van der Waals surface area contributed by atoms with Gasteiger partial charge in [0.1, 0.15) is 6.23 Å². The molecule has 0 radical (unpaired) electrons. The van der Waals surface area contributed by atoms with Gasteiger partial charge in [0.25, 0.3) is 0 Å². The molecule has 0 aromatic carbocycles. The number of hydrogen-bond acceptors (Lipinski definition) is 3. The zero-order chi connectivity index (χ0) is 9.02. The average molecular weight is 160 g/mol. The Balaban J connectivity index is 3.90. The molecule has 68 valence electrons. The van der Waals surface area contributed by atoms with E-state index >= 15 is 0 Å². The van der Waals surface area contributed by atoms with E-state index in [9.17, 15) is 0 Å². The number of aliphatic hydroxyl groups excluding tert-OH is 1. The maximum atomic E-state index is 8.96. The molecule has 0 aromatic rings. The smallest absolute Gasteiger partial charge is 0.115 e. The van der Waals surface area contributed by atoms with Crippen LogP contribution in [0.4, 0.5) is 0 Å². The van der Waals surface area contributed by atoms with Crippen molar-refractivity contribution in [3.05, 3.63) is 0 Å². The Hall–Kier alpha value is -0.120. The summed E-state index contributed by atoms with van der Waals surface area (Å²) in [7, 11) is 0. The van der Waals surface area contributed by atoms with Crippen molar-refractivity contribution in [1.29, 1.82) is 0 Å². The molecule has 3 nitrogen and oxygen atoms in total. The second kappa shape index (κ2) is 4.70. The van der Waals surface area contributed by atoms with Crippen molar-refractivity contribution in [1.82, 2.24) is 4.90 Å². The van der Waals surface area contributed by atoms with Gasteiger partial charge in [-0.3, -0.25) is 4.90 Å². The lowest BCUT2D eigenvalue weighted by atomic mass is 10.2. The first-order valence-electron chi connectivity index (χ1n) is 4.14. The molecule has 1 atom stereocenters. The van der Waals surface area contributed by atoms with Gasteiger partial charge in [0, 0.05) is 18.6 Å². The molecule has 0 aliphatic heterocycles. The normalized spacial score (nSPS) is 15.0. The lowest BCUT2D eigenvalue weighted by Gasteiger charge is -2.31. The van der Waals surface area contributed by atoms with Crippen LogP contribution in [0.5, 0.6) is 0 Å². The third-order valence-corrected chi connectivity index (χ3v) is 1.72. The standard InChI is InChI=1S/C8H20N2O/c1-6(2)10(7(3)4)5-8(9)11/h6-8,11H,5,9H2,1-4H3. The van der Waals surface area contributed by atoms with Crippen molar-refractivity contribution in [2.45, 2.75) is 46.0 Å². The van der Waals surface area contributed by atoms with E-state index < -0.39 is 6.23 Å². The van der Waals surface area contributed by atoms with Crippen LogP contribution in [0.1, 0.15) is 27.7 Å². The van der Waals surface area contributed by atoms with Crippen LogP contribution in [0.25, 0.3) is 0 Å². The predicted molar refractivity (Wildman–Crippen MR) is 47.2 cm³/mol. The van der Waals surface area contributed by atoms with Crippen LogP contribution in [0, 0.1) is 0 Å². The van der Waals surface area contributed by atoms with Gasteiger partial charge in [0.05, 0.1) is 0 Å². The monoisotopic (exact) mass is 160 g/mol. The highest BCUT2D eigenvalue weighted by Gasteiger charge is 2.14. The van der Waals surface area contributed by atoms with Crippen molar-refractivity contribution in [3.8, 4) is 0 Å². The predicted octanol–water partition coefficient (Wildman–Crippen LogP) is 0.382. The maximum absolute atomic E-state index is 8.96. The molecule has 0 aromatic heterocycles. The molecule has 1 unspecified atom stereocenters. The molecular formula is C8H20N2O. The maximum Gasteiger partial charge on any atom is 0.115 e. The Morgan fingerprint density at radius 1 is 1.18 bits per heavy atom. The van der Waals surface area contributed by atoms with Gasteiger partial charge in [-0.15, -0.1) is 0 Å².